The SMILES string of the molecule is CN=C(N)/C(=C\N(C=O)C1CCC(CO)O1)c1ccco1. The van der Waals surface area contributed by atoms with Gasteiger partial charge in [-0.05, 0) is 25.0 Å². The van der Waals surface area contributed by atoms with Crippen LogP contribution in [0.25, 0.3) is 5.57 Å². The molecule has 2 atom stereocenters. The number of nitrogens with two attached hydrogens (primary N) is 1. The Morgan fingerprint density at radius 3 is 2.95 bits per heavy atom. The van der Waals surface area contributed by atoms with Crippen LogP contribution in [0.5, 0.6) is 0 Å². The summed E-state index contributed by atoms with van der Waals surface area (Å²) < 4.78 is 10.9. The van der Waals surface area contributed by atoms with Crippen molar-refractivity contribution in [3.8, 4) is 0 Å². The zero-order chi connectivity index (χ0) is 15.2. The van der Waals surface area contributed by atoms with Crippen LogP contribution in [0, 0.1) is 0 Å². The van der Waals surface area contributed by atoms with Crippen molar-refractivity contribution in [2.75, 3.05) is 13.7 Å². The second-order valence-electron chi connectivity index (χ2n) is 4.65. The van der Waals surface area contributed by atoms with Crippen molar-refractivity contribution in [1.82, 2.24) is 4.90 Å². The molecule has 3 N–H and O–H groups in total. The summed E-state index contributed by atoms with van der Waals surface area (Å²) in [5.41, 5.74) is 6.37. The van der Waals surface area contributed by atoms with Crippen LogP contribution in [-0.2, 0) is 9.53 Å². The Morgan fingerprint density at radius 1 is 1.62 bits per heavy atom. The molecule has 0 radical (unpaired) electrons. The number of hydrogen-bond acceptors (Lipinski definition) is 5. The summed E-state index contributed by atoms with van der Waals surface area (Å²) in [6.07, 6.45) is 4.42. The fourth-order valence-corrected chi connectivity index (χ4v) is 2.18. The maximum Gasteiger partial charge on any atom is 0.215 e. The highest BCUT2D eigenvalue weighted by Crippen LogP contribution is 2.24. The number of rotatable bonds is 6. The van der Waals surface area contributed by atoms with Gasteiger partial charge in [-0.25, -0.2) is 0 Å². The third kappa shape index (κ3) is 3.50. The number of hydrogen-bond donors (Lipinski definition) is 2. The van der Waals surface area contributed by atoms with Gasteiger partial charge in [-0.1, -0.05) is 0 Å². The van der Waals surface area contributed by atoms with E-state index in [-0.39, 0.29) is 18.5 Å². The van der Waals surface area contributed by atoms with Gasteiger partial charge in [0.05, 0.1) is 24.5 Å². The molecular formula is C14H19N3O4. The van der Waals surface area contributed by atoms with Crippen molar-refractivity contribution in [3.63, 3.8) is 0 Å². The van der Waals surface area contributed by atoms with Crippen LogP contribution >= 0.6 is 0 Å². The van der Waals surface area contributed by atoms with Crippen LogP contribution in [0.3, 0.4) is 0 Å². The standard InChI is InChI=1S/C14H19N3O4/c1-16-14(15)11(12-3-2-6-20-12)7-17(9-19)13-5-4-10(8-18)21-13/h2-3,6-7,9-10,13,18H,4-5,8H2,1H3,(H2,15,16)/b11-7-. The summed E-state index contributed by atoms with van der Waals surface area (Å²) in [7, 11) is 1.56. The van der Waals surface area contributed by atoms with Crippen LogP contribution < -0.4 is 5.73 Å². The Kier molecular flexibility index (Phi) is 5.13. The third-order valence-corrected chi connectivity index (χ3v) is 3.32. The fourth-order valence-electron chi connectivity index (χ4n) is 2.18. The Morgan fingerprint density at radius 2 is 2.43 bits per heavy atom. The van der Waals surface area contributed by atoms with Crippen LogP contribution in [0.4, 0.5) is 0 Å². The van der Waals surface area contributed by atoms with Crippen molar-refractivity contribution < 1.29 is 19.1 Å². The Balaban J connectivity index is 2.25. The maximum absolute atomic E-state index is 11.3. The average molecular weight is 293 g/mol. The first-order valence-corrected chi connectivity index (χ1v) is 6.67. The molecule has 0 aromatic carbocycles. The Bertz CT molecular complexity index is 524. The van der Waals surface area contributed by atoms with Crippen molar-refractivity contribution in [2.24, 2.45) is 10.7 Å². The Hall–Kier alpha value is -2.12. The topological polar surface area (TPSA) is 101 Å². The lowest BCUT2D eigenvalue weighted by Crippen LogP contribution is -2.31. The lowest BCUT2D eigenvalue weighted by molar-refractivity contribution is -0.127. The number of nitrogens with zero attached hydrogens (tertiary/aromatic N) is 2. The first kappa shape index (κ1) is 15.3. The number of amides is 1. The summed E-state index contributed by atoms with van der Waals surface area (Å²) in [5, 5.41) is 9.10. The lowest BCUT2D eigenvalue weighted by Gasteiger charge is -2.22. The third-order valence-electron chi connectivity index (χ3n) is 3.32. The minimum absolute atomic E-state index is 0.0590. The highest BCUT2D eigenvalue weighted by Gasteiger charge is 2.29. The average Bonchev–Trinajstić information content (AvgIpc) is 3.19. The van der Waals surface area contributed by atoms with Gasteiger partial charge in [0.25, 0.3) is 0 Å². The summed E-state index contributed by atoms with van der Waals surface area (Å²) in [6, 6.07) is 3.46. The molecule has 1 aliphatic heterocycles. The van der Waals surface area contributed by atoms with Crippen LogP contribution in [0.1, 0.15) is 18.6 Å². The first-order chi connectivity index (χ1) is 10.2. The van der Waals surface area contributed by atoms with Gasteiger partial charge in [-0.2, -0.15) is 0 Å². The van der Waals surface area contributed by atoms with Gasteiger partial charge in [-0.15, -0.1) is 0 Å². The molecule has 21 heavy (non-hydrogen) atoms. The molecular weight excluding hydrogens is 274 g/mol. The van der Waals surface area contributed by atoms with E-state index in [1.165, 1.54) is 11.2 Å². The molecule has 1 aromatic rings. The predicted octanol–water partition coefficient (Wildman–Crippen LogP) is 0.563. The van der Waals surface area contributed by atoms with E-state index in [4.69, 9.17) is 20.0 Å². The number of aliphatic imine (C=N–C) groups is 1. The van der Waals surface area contributed by atoms with E-state index in [1.54, 1.807) is 25.4 Å². The molecule has 1 saturated heterocycles. The highest BCUT2D eigenvalue weighted by atomic mass is 16.5. The van der Waals surface area contributed by atoms with Gasteiger partial charge in [0.1, 0.15) is 17.8 Å². The van der Waals surface area contributed by atoms with E-state index >= 15 is 0 Å². The largest absolute Gasteiger partial charge is 0.464 e. The van der Waals surface area contributed by atoms with Gasteiger partial charge in [-0.3, -0.25) is 14.7 Å². The molecule has 2 heterocycles. The monoisotopic (exact) mass is 293 g/mol. The second kappa shape index (κ2) is 7.05. The van der Waals surface area contributed by atoms with Gasteiger partial charge >= 0.3 is 0 Å². The number of amidine groups is 1. The molecule has 0 spiro atoms. The highest BCUT2D eigenvalue weighted by molar-refractivity contribution is 6.21. The normalized spacial score (nSPS) is 23.3. The zero-order valence-electron chi connectivity index (χ0n) is 11.8. The van der Waals surface area contributed by atoms with Crippen LogP contribution in [0.15, 0.2) is 34.0 Å². The van der Waals surface area contributed by atoms with Crippen molar-refractivity contribution >= 4 is 17.8 Å². The molecule has 0 saturated carbocycles. The van der Waals surface area contributed by atoms with Crippen LogP contribution in [0.2, 0.25) is 0 Å². The zero-order valence-corrected chi connectivity index (χ0v) is 11.8. The van der Waals surface area contributed by atoms with Gasteiger partial charge in [0, 0.05) is 13.2 Å². The van der Waals surface area contributed by atoms with Gasteiger partial charge < -0.3 is 20.0 Å². The number of aliphatic hydroxyl groups excluding tert-OH is 1. The minimum atomic E-state index is -0.422. The smallest absolute Gasteiger partial charge is 0.215 e. The summed E-state index contributed by atoms with van der Waals surface area (Å²) >= 11 is 0. The molecule has 1 aromatic heterocycles. The molecule has 0 bridgehead atoms. The van der Waals surface area contributed by atoms with Gasteiger partial charge in [0.15, 0.2) is 0 Å². The quantitative estimate of drug-likeness (QED) is 0.453. The predicted molar refractivity (Wildman–Crippen MR) is 77.1 cm³/mol. The van der Waals surface area contributed by atoms with Gasteiger partial charge in [0.2, 0.25) is 6.41 Å². The number of furan rings is 1. The molecule has 0 aliphatic carbocycles. The molecule has 2 rings (SSSR count). The maximum atomic E-state index is 11.3. The van der Waals surface area contributed by atoms with E-state index in [2.05, 4.69) is 4.99 Å². The molecule has 114 valence electrons. The fraction of sp³-hybridized carbons (Fsp3) is 0.429. The first-order valence-electron chi connectivity index (χ1n) is 6.67. The van der Waals surface area contributed by atoms with Crippen LogP contribution in [-0.4, -0.2) is 48.2 Å². The van der Waals surface area contributed by atoms with Crippen molar-refractivity contribution in [1.29, 1.82) is 0 Å². The van der Waals surface area contributed by atoms with E-state index in [0.717, 1.165) is 0 Å². The molecule has 7 nitrogen and oxygen atoms in total. The van der Waals surface area contributed by atoms with Crippen molar-refractivity contribution in [2.45, 2.75) is 25.2 Å². The Labute approximate surface area is 122 Å². The van der Waals surface area contributed by atoms with Crippen molar-refractivity contribution in [3.05, 3.63) is 30.4 Å². The molecule has 1 fully saturated rings. The van der Waals surface area contributed by atoms with E-state index in [9.17, 15) is 4.79 Å². The number of aliphatic hydroxyl groups is 1. The molecule has 1 amide bonds. The molecule has 1 aliphatic rings. The molecule has 7 heteroatoms. The van der Waals surface area contributed by atoms with E-state index < -0.39 is 6.23 Å². The number of carbonyl (C=O) groups excluding carboxylic acids is 1. The second-order valence-corrected chi connectivity index (χ2v) is 4.65. The van der Waals surface area contributed by atoms with E-state index in [0.29, 0.717) is 30.6 Å². The summed E-state index contributed by atoms with van der Waals surface area (Å²) in [5.74, 6) is 0.773. The minimum Gasteiger partial charge on any atom is -0.464 e. The van der Waals surface area contributed by atoms with E-state index in [1.807, 2.05) is 0 Å². The lowest BCUT2D eigenvalue weighted by atomic mass is 10.2. The molecule has 2 unspecified atom stereocenters. The summed E-state index contributed by atoms with van der Waals surface area (Å²) in [4.78, 5) is 16.6. The number of carbonyl (C=O) groups is 1. The summed E-state index contributed by atoms with van der Waals surface area (Å²) in [6.45, 7) is -0.0590. The number of ether oxygens (including phenoxy) is 1.